The molecule has 0 fully saturated rings. The molecule has 1 N–H and O–H groups in total. The largest absolute Gasteiger partial charge is 0.356 e. The van der Waals surface area contributed by atoms with E-state index in [4.69, 9.17) is 0 Å². The topological polar surface area (TPSA) is 15.8 Å². The van der Waals surface area contributed by atoms with E-state index < -0.39 is 0 Å². The number of para-hydroxylation sites is 1. The van der Waals surface area contributed by atoms with Crippen molar-refractivity contribution in [3.63, 3.8) is 0 Å². The zero-order valence-corrected chi connectivity index (χ0v) is 10.4. The molecular formula is C15H18FN. The third kappa shape index (κ3) is 1.67. The van der Waals surface area contributed by atoms with Crippen molar-refractivity contribution in [2.75, 3.05) is 0 Å². The van der Waals surface area contributed by atoms with Crippen molar-refractivity contribution in [2.24, 2.45) is 11.8 Å². The van der Waals surface area contributed by atoms with Gasteiger partial charge in [-0.1, -0.05) is 26.0 Å². The molecule has 1 atom stereocenters. The second-order valence-corrected chi connectivity index (χ2v) is 5.49. The molecule has 1 aromatic carbocycles. The van der Waals surface area contributed by atoms with Gasteiger partial charge >= 0.3 is 0 Å². The first kappa shape index (κ1) is 10.8. The number of aromatic nitrogens is 1. The average Bonchev–Trinajstić information content (AvgIpc) is 2.68. The molecule has 2 aromatic rings. The molecule has 1 heterocycles. The summed E-state index contributed by atoms with van der Waals surface area (Å²) in [5.74, 6) is 1.32. The predicted octanol–water partition coefficient (Wildman–Crippen LogP) is 4.07. The van der Waals surface area contributed by atoms with Crippen LogP contribution in [-0.4, -0.2) is 4.98 Å². The van der Waals surface area contributed by atoms with Crippen LogP contribution in [0.4, 0.5) is 4.39 Å². The Morgan fingerprint density at radius 3 is 2.94 bits per heavy atom. The van der Waals surface area contributed by atoms with Crippen LogP contribution in [0.3, 0.4) is 0 Å². The lowest BCUT2D eigenvalue weighted by atomic mass is 9.80. The molecule has 0 aliphatic heterocycles. The summed E-state index contributed by atoms with van der Waals surface area (Å²) >= 11 is 0. The van der Waals surface area contributed by atoms with Crippen molar-refractivity contribution in [3.8, 4) is 0 Å². The van der Waals surface area contributed by atoms with Gasteiger partial charge in [-0.25, -0.2) is 4.39 Å². The van der Waals surface area contributed by atoms with Crippen LogP contribution in [0.1, 0.15) is 31.5 Å². The fraction of sp³-hybridized carbons (Fsp3) is 0.467. The Balaban J connectivity index is 2.12. The molecule has 0 saturated carbocycles. The van der Waals surface area contributed by atoms with Crippen LogP contribution in [0.5, 0.6) is 0 Å². The highest BCUT2D eigenvalue weighted by molar-refractivity contribution is 5.85. The molecule has 1 aliphatic rings. The van der Waals surface area contributed by atoms with Gasteiger partial charge in [-0.2, -0.15) is 0 Å². The number of H-pyrrole nitrogens is 1. The number of rotatable bonds is 1. The molecule has 0 saturated heterocycles. The van der Waals surface area contributed by atoms with Gasteiger partial charge in [0.05, 0.1) is 5.52 Å². The zero-order chi connectivity index (χ0) is 12.0. The summed E-state index contributed by atoms with van der Waals surface area (Å²) in [5, 5.41) is 1.09. The zero-order valence-electron chi connectivity index (χ0n) is 10.4. The first-order valence-corrected chi connectivity index (χ1v) is 6.44. The minimum absolute atomic E-state index is 0.127. The molecule has 90 valence electrons. The van der Waals surface area contributed by atoms with E-state index in [1.54, 1.807) is 0 Å². The SMILES string of the molecule is CC(C)C1CCc2[nH]c3c(F)cccc3c2C1. The van der Waals surface area contributed by atoms with Gasteiger partial charge in [-0.3, -0.25) is 0 Å². The molecule has 1 nitrogen and oxygen atoms in total. The van der Waals surface area contributed by atoms with Crippen LogP contribution in [0, 0.1) is 17.7 Å². The Kier molecular flexibility index (Phi) is 2.46. The number of hydrogen-bond acceptors (Lipinski definition) is 0. The van der Waals surface area contributed by atoms with Crippen LogP contribution >= 0.6 is 0 Å². The van der Waals surface area contributed by atoms with Crippen LogP contribution in [0.25, 0.3) is 10.9 Å². The maximum absolute atomic E-state index is 13.7. The van der Waals surface area contributed by atoms with Gasteiger partial charge in [-0.15, -0.1) is 0 Å². The van der Waals surface area contributed by atoms with Crippen molar-refractivity contribution >= 4 is 10.9 Å². The molecule has 3 rings (SSSR count). The minimum Gasteiger partial charge on any atom is -0.356 e. The number of aromatic amines is 1. The lowest BCUT2D eigenvalue weighted by Gasteiger charge is -2.25. The molecule has 1 aromatic heterocycles. The highest BCUT2D eigenvalue weighted by atomic mass is 19.1. The van der Waals surface area contributed by atoms with Gasteiger partial charge in [-0.05, 0) is 42.7 Å². The van der Waals surface area contributed by atoms with E-state index in [9.17, 15) is 4.39 Å². The summed E-state index contributed by atoms with van der Waals surface area (Å²) in [7, 11) is 0. The standard InChI is InChI=1S/C15H18FN/c1-9(2)10-6-7-14-12(8-10)11-4-3-5-13(16)15(11)17-14/h3-5,9-10,17H,6-8H2,1-2H3. The Bertz CT molecular complexity index is 553. The van der Waals surface area contributed by atoms with E-state index in [2.05, 4.69) is 18.8 Å². The van der Waals surface area contributed by atoms with Gasteiger partial charge in [0.2, 0.25) is 0 Å². The maximum Gasteiger partial charge on any atom is 0.147 e. The molecule has 1 aliphatic carbocycles. The number of halogens is 1. The van der Waals surface area contributed by atoms with Gasteiger partial charge < -0.3 is 4.98 Å². The molecular weight excluding hydrogens is 213 g/mol. The smallest absolute Gasteiger partial charge is 0.147 e. The molecule has 0 radical (unpaired) electrons. The normalized spacial score (nSPS) is 19.9. The van der Waals surface area contributed by atoms with Crippen molar-refractivity contribution in [1.29, 1.82) is 0 Å². The highest BCUT2D eigenvalue weighted by Gasteiger charge is 2.24. The van der Waals surface area contributed by atoms with Crippen molar-refractivity contribution in [2.45, 2.75) is 33.1 Å². The molecule has 17 heavy (non-hydrogen) atoms. The van der Waals surface area contributed by atoms with Crippen molar-refractivity contribution < 1.29 is 4.39 Å². The molecule has 1 unspecified atom stereocenters. The maximum atomic E-state index is 13.7. The number of fused-ring (bicyclic) bond motifs is 3. The Hall–Kier alpha value is -1.31. The fourth-order valence-corrected chi connectivity index (χ4v) is 3.00. The van der Waals surface area contributed by atoms with Crippen molar-refractivity contribution in [3.05, 3.63) is 35.3 Å². The first-order chi connectivity index (χ1) is 8.16. The lowest BCUT2D eigenvalue weighted by molar-refractivity contribution is 0.342. The number of benzene rings is 1. The quantitative estimate of drug-likeness (QED) is 0.761. The van der Waals surface area contributed by atoms with Gasteiger partial charge in [0, 0.05) is 11.1 Å². The third-order valence-corrected chi connectivity index (χ3v) is 4.15. The van der Waals surface area contributed by atoms with Crippen LogP contribution in [-0.2, 0) is 12.8 Å². The monoisotopic (exact) mass is 231 g/mol. The summed E-state index contributed by atoms with van der Waals surface area (Å²) in [4.78, 5) is 3.27. The molecule has 0 spiro atoms. The number of aryl methyl sites for hydroxylation is 1. The van der Waals surface area contributed by atoms with E-state index in [1.165, 1.54) is 23.7 Å². The van der Waals surface area contributed by atoms with E-state index in [-0.39, 0.29) is 5.82 Å². The summed E-state index contributed by atoms with van der Waals surface area (Å²) in [6, 6.07) is 5.38. The van der Waals surface area contributed by atoms with Crippen molar-refractivity contribution in [1.82, 2.24) is 4.98 Å². The fourth-order valence-electron chi connectivity index (χ4n) is 3.00. The van der Waals surface area contributed by atoms with Gasteiger partial charge in [0.1, 0.15) is 5.82 Å². The summed E-state index contributed by atoms with van der Waals surface area (Å²) < 4.78 is 13.7. The highest BCUT2D eigenvalue weighted by Crippen LogP contribution is 2.35. The van der Waals surface area contributed by atoms with E-state index in [0.29, 0.717) is 11.4 Å². The molecule has 0 bridgehead atoms. The minimum atomic E-state index is -0.127. The van der Waals surface area contributed by atoms with E-state index in [1.807, 2.05) is 12.1 Å². The third-order valence-electron chi connectivity index (χ3n) is 4.15. The Morgan fingerprint density at radius 1 is 1.35 bits per heavy atom. The Labute approximate surface area is 101 Å². The first-order valence-electron chi connectivity index (χ1n) is 6.44. The summed E-state index contributed by atoms with van der Waals surface area (Å²) in [6.07, 6.45) is 3.38. The summed E-state index contributed by atoms with van der Waals surface area (Å²) in [5.41, 5.74) is 3.30. The van der Waals surface area contributed by atoms with E-state index >= 15 is 0 Å². The average molecular weight is 231 g/mol. The lowest BCUT2D eigenvalue weighted by Crippen LogP contribution is -2.18. The van der Waals surface area contributed by atoms with Crippen LogP contribution in [0.2, 0.25) is 0 Å². The Morgan fingerprint density at radius 2 is 2.18 bits per heavy atom. The molecule has 2 heteroatoms. The second kappa shape index (κ2) is 3.86. The number of hydrogen-bond donors (Lipinski definition) is 1. The molecule has 0 amide bonds. The van der Waals surface area contributed by atoms with Crippen LogP contribution < -0.4 is 0 Å². The number of nitrogens with one attached hydrogen (secondary N) is 1. The summed E-state index contributed by atoms with van der Waals surface area (Å²) in [6.45, 7) is 4.57. The van der Waals surface area contributed by atoms with Crippen LogP contribution in [0.15, 0.2) is 18.2 Å². The predicted molar refractivity (Wildman–Crippen MR) is 68.6 cm³/mol. The van der Waals surface area contributed by atoms with Gasteiger partial charge in [0.25, 0.3) is 0 Å². The van der Waals surface area contributed by atoms with E-state index in [0.717, 1.165) is 24.1 Å². The van der Waals surface area contributed by atoms with Gasteiger partial charge in [0.15, 0.2) is 0 Å². The second-order valence-electron chi connectivity index (χ2n) is 5.49.